The average molecular weight is 369 g/mol. The van der Waals surface area contributed by atoms with Gasteiger partial charge in [0.05, 0.1) is 10.6 Å². The van der Waals surface area contributed by atoms with Crippen molar-refractivity contribution >= 4 is 45.4 Å². The minimum absolute atomic E-state index is 0.207. The molecule has 1 amide bonds. The quantitative estimate of drug-likeness (QED) is 0.814. The Labute approximate surface area is 135 Å². The van der Waals surface area contributed by atoms with E-state index in [1.807, 2.05) is 6.07 Å². The number of amides is 1. The van der Waals surface area contributed by atoms with Crippen LogP contribution in [0.25, 0.3) is 0 Å². The maximum absolute atomic E-state index is 11.8. The lowest BCUT2D eigenvalue weighted by Gasteiger charge is -2.10. The van der Waals surface area contributed by atoms with E-state index in [4.69, 9.17) is 16.3 Å². The topological polar surface area (TPSA) is 55.4 Å². The van der Waals surface area contributed by atoms with E-state index in [1.165, 1.54) is 0 Å². The van der Waals surface area contributed by atoms with Gasteiger partial charge in [-0.25, -0.2) is 0 Å². The third kappa shape index (κ3) is 4.31. The van der Waals surface area contributed by atoms with Gasteiger partial charge in [0.15, 0.2) is 12.9 Å². The van der Waals surface area contributed by atoms with Gasteiger partial charge in [0.25, 0.3) is 5.91 Å². The maximum atomic E-state index is 11.8. The largest absolute Gasteiger partial charge is 0.481 e. The summed E-state index contributed by atoms with van der Waals surface area (Å²) in [7, 11) is 0. The summed E-state index contributed by atoms with van der Waals surface area (Å²) in [5.74, 6) is -0.136. The van der Waals surface area contributed by atoms with Gasteiger partial charge >= 0.3 is 0 Å². The van der Waals surface area contributed by atoms with Crippen LogP contribution >= 0.6 is 27.5 Å². The van der Waals surface area contributed by atoms with Crippen LogP contribution in [0.15, 0.2) is 46.9 Å². The number of rotatable bonds is 5. The van der Waals surface area contributed by atoms with Gasteiger partial charge < -0.3 is 10.1 Å². The highest BCUT2D eigenvalue weighted by Crippen LogP contribution is 2.27. The number of hydrogen-bond acceptors (Lipinski definition) is 3. The zero-order valence-corrected chi connectivity index (χ0v) is 13.1. The Kier molecular flexibility index (Phi) is 5.36. The van der Waals surface area contributed by atoms with Crippen molar-refractivity contribution in [3.05, 3.63) is 57.5 Å². The number of benzene rings is 2. The Hall–Kier alpha value is -1.85. The molecule has 21 heavy (non-hydrogen) atoms. The van der Waals surface area contributed by atoms with Crippen molar-refractivity contribution in [2.75, 3.05) is 11.9 Å². The van der Waals surface area contributed by atoms with E-state index >= 15 is 0 Å². The number of hydrogen-bond donors (Lipinski definition) is 1. The van der Waals surface area contributed by atoms with Crippen LogP contribution in [0.1, 0.15) is 10.4 Å². The van der Waals surface area contributed by atoms with E-state index in [1.54, 1.807) is 36.4 Å². The molecule has 0 unspecified atom stereocenters. The molecule has 2 aromatic rings. The Bertz CT molecular complexity index is 676. The van der Waals surface area contributed by atoms with E-state index in [9.17, 15) is 9.59 Å². The Morgan fingerprint density at radius 2 is 2.05 bits per heavy atom. The van der Waals surface area contributed by atoms with Crippen molar-refractivity contribution in [2.24, 2.45) is 0 Å². The Balaban J connectivity index is 2.00. The number of aldehydes is 1. The molecule has 0 saturated heterocycles. The summed E-state index contributed by atoms with van der Waals surface area (Å²) in [5.41, 5.74) is 0.950. The van der Waals surface area contributed by atoms with Crippen LogP contribution in [0.3, 0.4) is 0 Å². The van der Waals surface area contributed by atoms with E-state index < -0.39 is 0 Å². The molecule has 0 atom stereocenters. The lowest BCUT2D eigenvalue weighted by Crippen LogP contribution is -2.20. The molecule has 0 aliphatic rings. The van der Waals surface area contributed by atoms with Gasteiger partial charge in [-0.1, -0.05) is 39.7 Å². The molecule has 108 valence electrons. The molecule has 4 nitrogen and oxygen atoms in total. The van der Waals surface area contributed by atoms with E-state index in [0.717, 1.165) is 4.47 Å². The molecule has 2 rings (SSSR count). The SMILES string of the molecule is O=Cc1cccc(Cl)c1OCC(=O)Nc1cccc(Br)c1. The standard InChI is InChI=1S/C15H11BrClNO3/c16-11-4-2-5-12(7-11)18-14(20)9-21-15-10(8-19)3-1-6-13(15)17/h1-8H,9H2,(H,18,20). The Morgan fingerprint density at radius 3 is 2.76 bits per heavy atom. The second-order valence-electron chi connectivity index (χ2n) is 4.12. The monoisotopic (exact) mass is 367 g/mol. The van der Waals surface area contributed by atoms with Crippen LogP contribution in [0.4, 0.5) is 5.69 Å². The summed E-state index contributed by atoms with van der Waals surface area (Å²) in [6.45, 7) is -0.239. The summed E-state index contributed by atoms with van der Waals surface area (Å²) in [6.07, 6.45) is 0.632. The predicted molar refractivity (Wildman–Crippen MR) is 85.1 cm³/mol. The average Bonchev–Trinajstić information content (AvgIpc) is 2.45. The molecule has 0 fully saturated rings. The van der Waals surface area contributed by atoms with Crippen LogP contribution < -0.4 is 10.1 Å². The predicted octanol–water partition coefficient (Wildman–Crippen LogP) is 3.93. The van der Waals surface area contributed by atoms with Gasteiger partial charge in [0.2, 0.25) is 0 Å². The first-order valence-electron chi connectivity index (χ1n) is 6.02. The molecule has 0 aliphatic carbocycles. The van der Waals surface area contributed by atoms with Gasteiger partial charge in [0.1, 0.15) is 5.75 Å². The highest BCUT2D eigenvalue weighted by atomic mass is 79.9. The van der Waals surface area contributed by atoms with Crippen LogP contribution in [0, 0.1) is 0 Å². The van der Waals surface area contributed by atoms with Gasteiger partial charge in [-0.2, -0.15) is 0 Å². The lowest BCUT2D eigenvalue weighted by molar-refractivity contribution is -0.118. The van der Waals surface area contributed by atoms with E-state index in [0.29, 0.717) is 17.5 Å². The molecular formula is C15H11BrClNO3. The van der Waals surface area contributed by atoms with Crippen LogP contribution in [0.2, 0.25) is 5.02 Å². The number of nitrogens with one attached hydrogen (secondary N) is 1. The zero-order valence-electron chi connectivity index (χ0n) is 10.8. The molecule has 0 radical (unpaired) electrons. The van der Waals surface area contributed by atoms with Crippen molar-refractivity contribution in [1.29, 1.82) is 0 Å². The highest BCUT2D eigenvalue weighted by Gasteiger charge is 2.10. The normalized spacial score (nSPS) is 10.0. The fraction of sp³-hybridized carbons (Fsp3) is 0.0667. The summed E-state index contributed by atoms with van der Waals surface area (Å²) >= 11 is 9.27. The molecular weight excluding hydrogens is 358 g/mol. The Morgan fingerprint density at radius 1 is 1.29 bits per heavy atom. The summed E-state index contributed by atoms with van der Waals surface area (Å²) in [6, 6.07) is 12.0. The molecule has 0 heterocycles. The molecule has 0 saturated carbocycles. The minimum Gasteiger partial charge on any atom is -0.481 e. The minimum atomic E-state index is -0.343. The fourth-order valence-electron chi connectivity index (χ4n) is 1.67. The number of para-hydroxylation sites is 1. The zero-order chi connectivity index (χ0) is 15.2. The molecule has 2 aromatic carbocycles. The van der Waals surface area contributed by atoms with Crippen LogP contribution in [-0.4, -0.2) is 18.8 Å². The number of carbonyl (C=O) groups is 2. The number of ether oxygens (including phenoxy) is 1. The van der Waals surface area contributed by atoms with E-state index in [-0.39, 0.29) is 23.3 Å². The first-order chi connectivity index (χ1) is 10.1. The summed E-state index contributed by atoms with van der Waals surface area (Å²) in [5, 5.41) is 2.97. The summed E-state index contributed by atoms with van der Waals surface area (Å²) in [4.78, 5) is 22.7. The maximum Gasteiger partial charge on any atom is 0.262 e. The molecule has 0 bridgehead atoms. The van der Waals surface area contributed by atoms with Crippen molar-refractivity contribution in [2.45, 2.75) is 0 Å². The van der Waals surface area contributed by atoms with Crippen molar-refractivity contribution in [1.82, 2.24) is 0 Å². The van der Waals surface area contributed by atoms with Gasteiger partial charge in [-0.15, -0.1) is 0 Å². The van der Waals surface area contributed by atoms with Gasteiger partial charge in [-0.05, 0) is 30.3 Å². The van der Waals surface area contributed by atoms with Crippen molar-refractivity contribution in [3.8, 4) is 5.75 Å². The van der Waals surface area contributed by atoms with Crippen LogP contribution in [-0.2, 0) is 4.79 Å². The first kappa shape index (κ1) is 15.5. The molecule has 0 aromatic heterocycles. The highest BCUT2D eigenvalue weighted by molar-refractivity contribution is 9.10. The van der Waals surface area contributed by atoms with Crippen LogP contribution in [0.5, 0.6) is 5.75 Å². The van der Waals surface area contributed by atoms with E-state index in [2.05, 4.69) is 21.2 Å². The molecule has 0 spiro atoms. The van der Waals surface area contributed by atoms with Crippen molar-refractivity contribution < 1.29 is 14.3 Å². The molecule has 6 heteroatoms. The smallest absolute Gasteiger partial charge is 0.262 e. The second kappa shape index (κ2) is 7.24. The number of anilines is 1. The lowest BCUT2D eigenvalue weighted by atomic mass is 10.2. The van der Waals surface area contributed by atoms with Crippen molar-refractivity contribution in [3.63, 3.8) is 0 Å². The van der Waals surface area contributed by atoms with Gasteiger partial charge in [0, 0.05) is 10.2 Å². The third-order valence-corrected chi connectivity index (χ3v) is 3.37. The summed E-state index contributed by atoms with van der Waals surface area (Å²) < 4.78 is 6.19. The van der Waals surface area contributed by atoms with Gasteiger partial charge in [-0.3, -0.25) is 9.59 Å². The number of carbonyl (C=O) groups excluding carboxylic acids is 2. The molecule has 1 N–H and O–H groups in total. The third-order valence-electron chi connectivity index (χ3n) is 2.58. The molecule has 0 aliphatic heterocycles. The first-order valence-corrected chi connectivity index (χ1v) is 7.19. The second-order valence-corrected chi connectivity index (χ2v) is 5.45. The number of halogens is 2. The fourth-order valence-corrected chi connectivity index (χ4v) is 2.31.